The highest BCUT2D eigenvalue weighted by Crippen LogP contribution is 2.19. The Balaban J connectivity index is 1.56. The lowest BCUT2D eigenvalue weighted by Gasteiger charge is -2.08. The van der Waals surface area contributed by atoms with Gasteiger partial charge in [-0.15, -0.1) is 0 Å². The Kier molecular flexibility index (Phi) is 4.15. The molecular weight excluding hydrogens is 362 g/mol. The van der Waals surface area contributed by atoms with E-state index in [1.165, 1.54) is 29.6 Å². The van der Waals surface area contributed by atoms with E-state index in [1.807, 2.05) is 18.2 Å². The van der Waals surface area contributed by atoms with Crippen LogP contribution < -0.4 is 16.6 Å². The maximum atomic E-state index is 12.4. The van der Waals surface area contributed by atoms with Crippen LogP contribution in [-0.2, 0) is 25.4 Å². The number of nitrogens with one attached hydrogen (secondary N) is 2. The molecule has 0 aliphatic rings. The summed E-state index contributed by atoms with van der Waals surface area (Å²) in [6, 6.07) is 9.14. The molecule has 0 aliphatic heterocycles. The quantitative estimate of drug-likeness (QED) is 0.534. The third-order valence-electron chi connectivity index (χ3n) is 4.51. The summed E-state index contributed by atoms with van der Waals surface area (Å²) in [7, 11) is 2.92. The molecule has 4 rings (SSSR count). The van der Waals surface area contributed by atoms with Crippen molar-refractivity contribution in [3.63, 3.8) is 0 Å². The molecule has 0 saturated heterocycles. The lowest BCUT2D eigenvalue weighted by Crippen LogP contribution is -2.37. The second-order valence-electron chi connectivity index (χ2n) is 6.35. The lowest BCUT2D eigenvalue weighted by molar-refractivity contribution is -0.116. The van der Waals surface area contributed by atoms with E-state index in [4.69, 9.17) is 0 Å². The summed E-state index contributed by atoms with van der Waals surface area (Å²) in [5.74, 6) is -0.315. The van der Waals surface area contributed by atoms with Crippen LogP contribution in [0.15, 0.2) is 52.4 Å². The van der Waals surface area contributed by atoms with Crippen LogP contribution in [0, 0.1) is 0 Å². The number of benzene rings is 1. The molecule has 1 aromatic carbocycles. The maximum absolute atomic E-state index is 12.4. The minimum Gasteiger partial charge on any atom is -0.325 e. The van der Waals surface area contributed by atoms with Gasteiger partial charge in [0.2, 0.25) is 5.91 Å². The highest BCUT2D eigenvalue weighted by Gasteiger charge is 2.16. The van der Waals surface area contributed by atoms with E-state index in [9.17, 15) is 14.4 Å². The Morgan fingerprint density at radius 2 is 1.86 bits per heavy atom. The number of amides is 1. The van der Waals surface area contributed by atoms with Gasteiger partial charge in [0.15, 0.2) is 11.2 Å². The van der Waals surface area contributed by atoms with Crippen molar-refractivity contribution < 1.29 is 4.79 Å². The van der Waals surface area contributed by atoms with Crippen molar-refractivity contribution in [2.45, 2.75) is 6.54 Å². The molecule has 142 valence electrons. The first-order chi connectivity index (χ1) is 13.5. The normalized spacial score (nSPS) is 11.1. The SMILES string of the molecule is Cn1c(=O)c2c(ncn2CC(=O)Nc2ccc(-c3ccn[nH]3)cc2)n(C)c1=O. The average Bonchev–Trinajstić information content (AvgIpc) is 3.35. The van der Waals surface area contributed by atoms with E-state index in [0.717, 1.165) is 15.8 Å². The minimum atomic E-state index is -0.493. The molecule has 0 bridgehead atoms. The van der Waals surface area contributed by atoms with Gasteiger partial charge in [-0.3, -0.25) is 23.8 Å². The first-order valence-electron chi connectivity index (χ1n) is 8.46. The van der Waals surface area contributed by atoms with E-state index < -0.39 is 11.2 Å². The maximum Gasteiger partial charge on any atom is 0.332 e. The van der Waals surface area contributed by atoms with Gasteiger partial charge in [-0.1, -0.05) is 12.1 Å². The number of H-pyrrole nitrogens is 1. The van der Waals surface area contributed by atoms with Crippen LogP contribution in [0.1, 0.15) is 0 Å². The second-order valence-corrected chi connectivity index (χ2v) is 6.35. The largest absolute Gasteiger partial charge is 0.332 e. The van der Waals surface area contributed by atoms with Crippen molar-refractivity contribution >= 4 is 22.8 Å². The summed E-state index contributed by atoms with van der Waals surface area (Å²) in [4.78, 5) is 40.9. The van der Waals surface area contributed by atoms with Gasteiger partial charge in [-0.25, -0.2) is 9.78 Å². The molecule has 1 amide bonds. The number of aromatic nitrogens is 6. The summed E-state index contributed by atoms with van der Waals surface area (Å²) in [6.45, 7) is -0.105. The lowest BCUT2D eigenvalue weighted by atomic mass is 10.1. The van der Waals surface area contributed by atoms with Crippen LogP contribution in [0.4, 0.5) is 5.69 Å². The monoisotopic (exact) mass is 379 g/mol. The summed E-state index contributed by atoms with van der Waals surface area (Å²) < 4.78 is 3.71. The molecule has 4 aromatic rings. The summed E-state index contributed by atoms with van der Waals surface area (Å²) >= 11 is 0. The molecule has 0 fully saturated rings. The molecule has 3 aromatic heterocycles. The molecule has 0 aliphatic carbocycles. The van der Waals surface area contributed by atoms with E-state index in [0.29, 0.717) is 5.69 Å². The molecule has 0 spiro atoms. The average molecular weight is 379 g/mol. The summed E-state index contributed by atoms with van der Waals surface area (Å²) in [6.07, 6.45) is 3.05. The number of aromatic amines is 1. The van der Waals surface area contributed by atoms with Gasteiger partial charge in [-0.2, -0.15) is 5.10 Å². The van der Waals surface area contributed by atoms with Crippen LogP contribution in [0.25, 0.3) is 22.4 Å². The van der Waals surface area contributed by atoms with Gasteiger partial charge < -0.3 is 9.88 Å². The zero-order valence-corrected chi connectivity index (χ0v) is 15.2. The fourth-order valence-electron chi connectivity index (χ4n) is 3.02. The number of rotatable bonds is 4. The number of carbonyl (C=O) groups is 1. The van der Waals surface area contributed by atoms with Crippen molar-refractivity contribution in [2.24, 2.45) is 14.1 Å². The molecule has 3 heterocycles. The number of hydrogen-bond donors (Lipinski definition) is 2. The molecule has 10 nitrogen and oxygen atoms in total. The summed E-state index contributed by atoms with van der Waals surface area (Å²) in [5.41, 5.74) is 1.93. The predicted octanol–water partition coefficient (Wildman–Crippen LogP) is 0.462. The fraction of sp³-hybridized carbons (Fsp3) is 0.167. The number of nitrogens with zero attached hydrogens (tertiary/aromatic N) is 5. The molecule has 0 saturated carbocycles. The van der Waals surface area contributed by atoms with Crippen LogP contribution in [-0.4, -0.2) is 34.8 Å². The molecular formula is C18H17N7O3. The Morgan fingerprint density at radius 1 is 1.11 bits per heavy atom. The van der Waals surface area contributed by atoms with Gasteiger partial charge >= 0.3 is 5.69 Å². The highest BCUT2D eigenvalue weighted by molar-refractivity contribution is 5.91. The summed E-state index contributed by atoms with van der Waals surface area (Å²) in [5, 5.41) is 9.57. The van der Waals surface area contributed by atoms with Crippen molar-refractivity contribution in [3.05, 3.63) is 63.7 Å². The first kappa shape index (κ1) is 17.5. The van der Waals surface area contributed by atoms with Gasteiger partial charge in [0, 0.05) is 26.0 Å². The Hall–Kier alpha value is -3.95. The molecule has 28 heavy (non-hydrogen) atoms. The van der Waals surface area contributed by atoms with Crippen molar-refractivity contribution in [2.75, 3.05) is 5.32 Å². The predicted molar refractivity (Wildman–Crippen MR) is 103 cm³/mol. The van der Waals surface area contributed by atoms with Crippen LogP contribution in [0.2, 0.25) is 0 Å². The third kappa shape index (κ3) is 2.90. The standard InChI is InChI=1S/C18H17N7O3/c1-23-16-15(17(27)24(2)18(23)28)25(10-19-16)9-14(26)21-12-5-3-11(4-6-12)13-7-8-20-22-13/h3-8,10H,9H2,1-2H3,(H,20,22)(H,21,26). The Labute approximate surface area is 158 Å². The van der Waals surface area contributed by atoms with Crippen LogP contribution >= 0.6 is 0 Å². The first-order valence-corrected chi connectivity index (χ1v) is 8.46. The number of anilines is 1. The molecule has 2 N–H and O–H groups in total. The van der Waals surface area contributed by atoms with Crippen molar-refractivity contribution in [3.8, 4) is 11.3 Å². The number of imidazole rings is 1. The zero-order valence-electron chi connectivity index (χ0n) is 15.2. The van der Waals surface area contributed by atoms with Crippen molar-refractivity contribution in [1.82, 2.24) is 28.9 Å². The highest BCUT2D eigenvalue weighted by atomic mass is 16.2. The molecule has 0 atom stereocenters. The molecule has 0 unspecified atom stereocenters. The Morgan fingerprint density at radius 3 is 2.54 bits per heavy atom. The minimum absolute atomic E-state index is 0.105. The van der Waals surface area contributed by atoms with Gasteiger partial charge in [0.1, 0.15) is 6.54 Å². The smallest absolute Gasteiger partial charge is 0.325 e. The van der Waals surface area contributed by atoms with Crippen LogP contribution in [0.5, 0.6) is 0 Å². The van der Waals surface area contributed by atoms with Gasteiger partial charge in [-0.05, 0) is 23.8 Å². The fourth-order valence-corrected chi connectivity index (χ4v) is 3.02. The van der Waals surface area contributed by atoms with E-state index in [1.54, 1.807) is 18.3 Å². The van der Waals surface area contributed by atoms with Crippen LogP contribution in [0.3, 0.4) is 0 Å². The second kappa shape index (κ2) is 6.65. The van der Waals surface area contributed by atoms with Gasteiger partial charge in [0.25, 0.3) is 5.56 Å². The number of aryl methyl sites for hydroxylation is 1. The van der Waals surface area contributed by atoms with E-state index in [-0.39, 0.29) is 23.6 Å². The molecule has 10 heteroatoms. The number of fused-ring (bicyclic) bond motifs is 1. The Bertz CT molecular complexity index is 1280. The topological polar surface area (TPSA) is 120 Å². The van der Waals surface area contributed by atoms with Gasteiger partial charge in [0.05, 0.1) is 12.0 Å². The van der Waals surface area contributed by atoms with Crippen molar-refractivity contribution in [1.29, 1.82) is 0 Å². The zero-order chi connectivity index (χ0) is 19.8. The number of carbonyl (C=O) groups excluding carboxylic acids is 1. The third-order valence-corrected chi connectivity index (χ3v) is 4.51. The molecule has 0 radical (unpaired) electrons. The van der Waals surface area contributed by atoms with E-state index in [2.05, 4.69) is 20.5 Å². The van der Waals surface area contributed by atoms with E-state index >= 15 is 0 Å². The number of hydrogen-bond acceptors (Lipinski definition) is 5.